The Morgan fingerprint density at radius 2 is 1.79 bits per heavy atom. The maximum Gasteiger partial charge on any atom is 0.342 e. The molecule has 2 aromatic rings. The number of likely N-dealkylation sites (N-methyl/N-ethyl adjacent to an activating group) is 1. The van der Waals surface area contributed by atoms with Crippen LogP contribution in [0.15, 0.2) is 47.4 Å². The molecule has 0 saturated carbocycles. The van der Waals surface area contributed by atoms with Crippen molar-refractivity contribution in [3.05, 3.63) is 53.6 Å². The van der Waals surface area contributed by atoms with E-state index in [0.29, 0.717) is 11.4 Å². The molecule has 0 atom stereocenters. The predicted octanol–water partition coefficient (Wildman–Crippen LogP) is 2.98. The number of methoxy groups -OCH3 is 1. The normalized spacial score (nSPS) is 10.2. The van der Waals surface area contributed by atoms with Gasteiger partial charge in [-0.05, 0) is 43.5 Å². The summed E-state index contributed by atoms with van der Waals surface area (Å²) in [6, 6.07) is 12.4. The molecule has 0 heterocycles. The van der Waals surface area contributed by atoms with Crippen molar-refractivity contribution in [3.8, 4) is 5.75 Å². The molecular formula is C21H24N2O5S. The van der Waals surface area contributed by atoms with Crippen molar-refractivity contribution in [2.75, 3.05) is 38.9 Å². The molecule has 2 aromatic carbocycles. The van der Waals surface area contributed by atoms with Crippen molar-refractivity contribution in [3.63, 3.8) is 0 Å². The standard InChI is InChI=1S/C21H24N2O5S/c1-14-5-7-15(8-6-14)22-19(24)12-23(2)20(25)13-28-21(26)17-10-9-16(29-4)11-18(17)27-3/h5-11H,12-13H2,1-4H3,(H,22,24). The summed E-state index contributed by atoms with van der Waals surface area (Å²) in [6.45, 7) is 1.32. The Labute approximate surface area is 174 Å². The number of rotatable bonds is 8. The Bertz CT molecular complexity index is 883. The van der Waals surface area contributed by atoms with Gasteiger partial charge in [-0.3, -0.25) is 9.59 Å². The van der Waals surface area contributed by atoms with Crippen molar-refractivity contribution >= 4 is 35.2 Å². The van der Waals surface area contributed by atoms with Gasteiger partial charge in [-0.1, -0.05) is 17.7 Å². The lowest BCUT2D eigenvalue weighted by molar-refractivity contribution is -0.136. The minimum Gasteiger partial charge on any atom is -0.496 e. The molecule has 0 unspecified atom stereocenters. The van der Waals surface area contributed by atoms with Crippen LogP contribution in [0.5, 0.6) is 5.75 Å². The molecule has 0 fully saturated rings. The fourth-order valence-electron chi connectivity index (χ4n) is 2.42. The van der Waals surface area contributed by atoms with Crippen LogP contribution in [0.25, 0.3) is 0 Å². The first kappa shape index (κ1) is 22.3. The van der Waals surface area contributed by atoms with Gasteiger partial charge in [-0.15, -0.1) is 11.8 Å². The Hall–Kier alpha value is -3.00. The number of hydrogen-bond donors (Lipinski definition) is 1. The summed E-state index contributed by atoms with van der Waals surface area (Å²) in [4.78, 5) is 38.7. The minimum absolute atomic E-state index is 0.157. The smallest absolute Gasteiger partial charge is 0.342 e. The molecule has 1 N–H and O–H groups in total. The third kappa shape index (κ3) is 6.53. The number of nitrogens with one attached hydrogen (secondary N) is 1. The van der Waals surface area contributed by atoms with Crippen molar-refractivity contribution in [2.24, 2.45) is 0 Å². The van der Waals surface area contributed by atoms with Crippen molar-refractivity contribution in [1.82, 2.24) is 4.90 Å². The number of nitrogens with zero attached hydrogens (tertiary/aromatic N) is 1. The number of carbonyl (C=O) groups excluding carboxylic acids is 3. The van der Waals surface area contributed by atoms with Gasteiger partial charge in [0.05, 0.1) is 13.7 Å². The second kappa shape index (κ2) is 10.5. The number of aryl methyl sites for hydroxylation is 1. The molecule has 0 spiro atoms. The van der Waals surface area contributed by atoms with Gasteiger partial charge in [0.15, 0.2) is 6.61 Å². The van der Waals surface area contributed by atoms with Crippen LogP contribution in [0.2, 0.25) is 0 Å². The molecule has 0 saturated heterocycles. The fraction of sp³-hybridized carbons (Fsp3) is 0.286. The lowest BCUT2D eigenvalue weighted by Gasteiger charge is -2.17. The number of carbonyl (C=O) groups is 3. The zero-order valence-corrected chi connectivity index (χ0v) is 17.7. The summed E-state index contributed by atoms with van der Waals surface area (Å²) in [5.74, 6) is -1.12. The molecule has 154 valence electrons. The fourth-order valence-corrected chi connectivity index (χ4v) is 2.85. The predicted molar refractivity (Wildman–Crippen MR) is 113 cm³/mol. The van der Waals surface area contributed by atoms with Gasteiger partial charge >= 0.3 is 5.97 Å². The summed E-state index contributed by atoms with van der Waals surface area (Å²) >= 11 is 1.52. The number of amides is 2. The van der Waals surface area contributed by atoms with E-state index in [4.69, 9.17) is 9.47 Å². The second-order valence-corrected chi connectivity index (χ2v) is 7.19. The SMILES string of the molecule is COc1cc(SC)ccc1C(=O)OCC(=O)N(C)CC(=O)Nc1ccc(C)cc1. The van der Waals surface area contributed by atoms with Gasteiger partial charge in [0.25, 0.3) is 5.91 Å². The Morgan fingerprint density at radius 3 is 2.41 bits per heavy atom. The van der Waals surface area contributed by atoms with E-state index in [-0.39, 0.29) is 18.0 Å². The average Bonchev–Trinajstić information content (AvgIpc) is 2.72. The van der Waals surface area contributed by atoms with Gasteiger partial charge in [-0.2, -0.15) is 0 Å². The molecule has 2 amide bonds. The summed E-state index contributed by atoms with van der Waals surface area (Å²) in [6.07, 6.45) is 1.91. The Kier molecular flexibility index (Phi) is 8.09. The van der Waals surface area contributed by atoms with Crippen molar-refractivity contribution in [2.45, 2.75) is 11.8 Å². The quantitative estimate of drug-likeness (QED) is 0.526. The molecule has 0 radical (unpaired) electrons. The lowest BCUT2D eigenvalue weighted by atomic mass is 10.2. The van der Waals surface area contributed by atoms with Crippen LogP contribution in [0.3, 0.4) is 0 Å². The van der Waals surface area contributed by atoms with E-state index in [2.05, 4.69) is 5.32 Å². The molecular weight excluding hydrogens is 392 g/mol. The van der Waals surface area contributed by atoms with Crippen LogP contribution in [-0.4, -0.2) is 56.2 Å². The molecule has 0 aliphatic heterocycles. The van der Waals surface area contributed by atoms with E-state index < -0.39 is 18.5 Å². The number of esters is 1. The van der Waals surface area contributed by atoms with Crippen LogP contribution in [-0.2, 0) is 14.3 Å². The van der Waals surface area contributed by atoms with Crippen molar-refractivity contribution in [1.29, 1.82) is 0 Å². The maximum absolute atomic E-state index is 12.3. The van der Waals surface area contributed by atoms with Crippen LogP contribution in [0.4, 0.5) is 5.69 Å². The van der Waals surface area contributed by atoms with Crippen LogP contribution < -0.4 is 10.1 Å². The van der Waals surface area contributed by atoms with E-state index in [1.807, 2.05) is 25.3 Å². The minimum atomic E-state index is -0.666. The largest absolute Gasteiger partial charge is 0.496 e. The highest BCUT2D eigenvalue weighted by molar-refractivity contribution is 7.98. The molecule has 0 aliphatic carbocycles. The molecule has 2 rings (SSSR count). The zero-order valence-electron chi connectivity index (χ0n) is 16.9. The van der Waals surface area contributed by atoms with Crippen LogP contribution >= 0.6 is 11.8 Å². The highest BCUT2D eigenvalue weighted by Gasteiger charge is 2.18. The van der Waals surface area contributed by atoms with Crippen LogP contribution in [0.1, 0.15) is 15.9 Å². The van der Waals surface area contributed by atoms with E-state index in [9.17, 15) is 14.4 Å². The van der Waals surface area contributed by atoms with Crippen LogP contribution in [0, 0.1) is 6.92 Å². The Morgan fingerprint density at radius 1 is 1.10 bits per heavy atom. The molecule has 0 aromatic heterocycles. The van der Waals surface area contributed by atoms with Gasteiger partial charge in [0.2, 0.25) is 5.91 Å². The van der Waals surface area contributed by atoms with E-state index in [0.717, 1.165) is 10.5 Å². The third-order valence-corrected chi connectivity index (χ3v) is 4.82. The summed E-state index contributed by atoms with van der Waals surface area (Å²) in [5.41, 5.74) is 1.96. The highest BCUT2D eigenvalue weighted by atomic mass is 32.2. The van der Waals surface area contributed by atoms with Gasteiger partial charge < -0.3 is 19.7 Å². The zero-order chi connectivity index (χ0) is 21.4. The summed E-state index contributed by atoms with van der Waals surface area (Å²) in [7, 11) is 2.93. The van der Waals surface area contributed by atoms with E-state index >= 15 is 0 Å². The molecule has 8 heteroatoms. The number of ether oxygens (including phenoxy) is 2. The first-order chi connectivity index (χ1) is 13.8. The first-order valence-corrected chi connectivity index (χ1v) is 10.1. The lowest BCUT2D eigenvalue weighted by Crippen LogP contribution is -2.37. The van der Waals surface area contributed by atoms with Gasteiger partial charge in [0, 0.05) is 17.6 Å². The molecule has 29 heavy (non-hydrogen) atoms. The molecule has 7 nitrogen and oxygen atoms in total. The number of anilines is 1. The second-order valence-electron chi connectivity index (χ2n) is 6.31. The topological polar surface area (TPSA) is 84.9 Å². The summed E-state index contributed by atoms with van der Waals surface area (Å²) in [5, 5.41) is 2.71. The summed E-state index contributed by atoms with van der Waals surface area (Å²) < 4.78 is 10.3. The van der Waals surface area contributed by atoms with Gasteiger partial charge in [0.1, 0.15) is 11.3 Å². The number of benzene rings is 2. The molecule has 0 bridgehead atoms. The van der Waals surface area contributed by atoms with E-state index in [1.54, 1.807) is 30.3 Å². The number of hydrogen-bond acceptors (Lipinski definition) is 6. The first-order valence-electron chi connectivity index (χ1n) is 8.83. The van der Waals surface area contributed by atoms with E-state index in [1.165, 1.54) is 30.8 Å². The number of thioether (sulfide) groups is 1. The Balaban J connectivity index is 1.87. The third-order valence-electron chi connectivity index (χ3n) is 4.10. The van der Waals surface area contributed by atoms with Gasteiger partial charge in [-0.25, -0.2) is 4.79 Å². The molecule has 0 aliphatic rings. The average molecular weight is 416 g/mol. The monoisotopic (exact) mass is 416 g/mol. The van der Waals surface area contributed by atoms with Crippen molar-refractivity contribution < 1.29 is 23.9 Å². The maximum atomic E-state index is 12.3. The highest BCUT2D eigenvalue weighted by Crippen LogP contribution is 2.25.